The van der Waals surface area contributed by atoms with Gasteiger partial charge in [0.15, 0.2) is 16.4 Å². The topological polar surface area (TPSA) is 89.5 Å². The minimum atomic E-state index is -3.55. The standard InChI is InChI=1S/C16H12Cl2FNO5S/c1-26(23,24)10-3-4-12(18)11(7-10)16(22)25-8-15(21)20-14-5-2-9(17)6-13(14)19/h2-7H,8H2,1H3,(H,20,21). The van der Waals surface area contributed by atoms with E-state index in [0.717, 1.165) is 18.4 Å². The number of rotatable bonds is 5. The van der Waals surface area contributed by atoms with Crippen molar-refractivity contribution in [1.82, 2.24) is 0 Å². The molecule has 2 aromatic rings. The van der Waals surface area contributed by atoms with Crippen molar-refractivity contribution in [3.8, 4) is 0 Å². The molecule has 26 heavy (non-hydrogen) atoms. The van der Waals surface area contributed by atoms with Gasteiger partial charge in [-0.05, 0) is 36.4 Å². The third-order valence-electron chi connectivity index (χ3n) is 3.13. The van der Waals surface area contributed by atoms with Crippen molar-refractivity contribution in [3.05, 3.63) is 57.8 Å². The average Bonchev–Trinajstić information content (AvgIpc) is 2.54. The molecule has 0 unspecified atom stereocenters. The number of carbonyl (C=O) groups excluding carboxylic acids is 2. The lowest BCUT2D eigenvalue weighted by Crippen LogP contribution is -2.21. The predicted octanol–water partition coefficient (Wildman–Crippen LogP) is 3.33. The Kier molecular flexibility index (Phi) is 6.22. The van der Waals surface area contributed by atoms with Gasteiger partial charge in [0.1, 0.15) is 5.82 Å². The Balaban J connectivity index is 2.05. The van der Waals surface area contributed by atoms with E-state index < -0.39 is 34.1 Å². The molecular weight excluding hydrogens is 408 g/mol. The Labute approximate surface area is 158 Å². The van der Waals surface area contributed by atoms with Gasteiger partial charge in [-0.3, -0.25) is 4.79 Å². The Morgan fingerprint density at radius 1 is 1.15 bits per heavy atom. The maximum absolute atomic E-state index is 13.6. The molecule has 0 aromatic heterocycles. The molecule has 0 saturated heterocycles. The van der Waals surface area contributed by atoms with Crippen LogP contribution in [0.3, 0.4) is 0 Å². The van der Waals surface area contributed by atoms with Crippen LogP contribution in [-0.4, -0.2) is 33.2 Å². The lowest BCUT2D eigenvalue weighted by atomic mass is 10.2. The number of hydrogen-bond donors (Lipinski definition) is 1. The summed E-state index contributed by atoms with van der Waals surface area (Å²) in [6.45, 7) is -0.722. The van der Waals surface area contributed by atoms with Crippen LogP contribution in [0.2, 0.25) is 10.0 Å². The Bertz CT molecular complexity index is 979. The number of anilines is 1. The number of nitrogens with one attached hydrogen (secondary N) is 1. The van der Waals surface area contributed by atoms with Gasteiger partial charge in [-0.25, -0.2) is 17.6 Å². The third-order valence-corrected chi connectivity index (χ3v) is 4.80. The molecule has 1 amide bonds. The SMILES string of the molecule is CS(=O)(=O)c1ccc(Cl)c(C(=O)OCC(=O)Nc2ccc(Cl)cc2F)c1. The van der Waals surface area contributed by atoms with Crippen molar-refractivity contribution in [1.29, 1.82) is 0 Å². The van der Waals surface area contributed by atoms with E-state index in [1.54, 1.807) is 0 Å². The van der Waals surface area contributed by atoms with Gasteiger partial charge < -0.3 is 10.1 Å². The molecule has 0 aliphatic heterocycles. The molecule has 0 bridgehead atoms. The molecule has 138 valence electrons. The maximum Gasteiger partial charge on any atom is 0.340 e. The van der Waals surface area contributed by atoms with E-state index in [4.69, 9.17) is 27.9 Å². The van der Waals surface area contributed by atoms with Crippen molar-refractivity contribution in [2.24, 2.45) is 0 Å². The summed E-state index contributed by atoms with van der Waals surface area (Å²) in [6.07, 6.45) is 0.972. The molecule has 0 aliphatic rings. The summed E-state index contributed by atoms with van der Waals surface area (Å²) in [5.41, 5.74) is -0.340. The molecule has 0 saturated carbocycles. The molecule has 0 heterocycles. The first-order valence-corrected chi connectivity index (χ1v) is 9.64. The van der Waals surface area contributed by atoms with E-state index in [-0.39, 0.29) is 26.2 Å². The summed E-state index contributed by atoms with van der Waals surface area (Å²) >= 11 is 11.5. The maximum atomic E-state index is 13.6. The van der Waals surface area contributed by atoms with Gasteiger partial charge in [-0.15, -0.1) is 0 Å². The molecule has 0 spiro atoms. The van der Waals surface area contributed by atoms with Crippen LogP contribution in [-0.2, 0) is 19.4 Å². The predicted molar refractivity (Wildman–Crippen MR) is 94.9 cm³/mol. The summed E-state index contributed by atoms with van der Waals surface area (Å²) in [5, 5.41) is 2.34. The molecular formula is C16H12Cl2FNO5S. The third kappa shape index (κ3) is 5.17. The molecule has 0 atom stereocenters. The molecule has 0 fully saturated rings. The van der Waals surface area contributed by atoms with Crippen molar-refractivity contribution in [3.63, 3.8) is 0 Å². The first kappa shape index (κ1) is 20.2. The zero-order valence-corrected chi connectivity index (χ0v) is 15.6. The van der Waals surface area contributed by atoms with Gasteiger partial charge >= 0.3 is 5.97 Å². The van der Waals surface area contributed by atoms with Crippen molar-refractivity contribution >= 4 is 50.6 Å². The molecule has 1 N–H and O–H groups in total. The van der Waals surface area contributed by atoms with Crippen LogP contribution in [0.25, 0.3) is 0 Å². The Morgan fingerprint density at radius 2 is 1.85 bits per heavy atom. The molecule has 0 aliphatic carbocycles. The minimum Gasteiger partial charge on any atom is -0.452 e. The fourth-order valence-corrected chi connectivity index (χ4v) is 2.88. The van der Waals surface area contributed by atoms with E-state index in [2.05, 4.69) is 5.32 Å². The number of hydrogen-bond acceptors (Lipinski definition) is 5. The summed E-state index contributed by atoms with van der Waals surface area (Å²) in [4.78, 5) is 23.7. The van der Waals surface area contributed by atoms with Crippen LogP contribution >= 0.6 is 23.2 Å². The number of sulfone groups is 1. The van der Waals surface area contributed by atoms with E-state index in [0.29, 0.717) is 0 Å². The highest BCUT2D eigenvalue weighted by molar-refractivity contribution is 7.90. The van der Waals surface area contributed by atoms with Crippen molar-refractivity contribution in [2.75, 3.05) is 18.2 Å². The zero-order chi connectivity index (χ0) is 19.5. The molecule has 0 radical (unpaired) electrons. The highest BCUT2D eigenvalue weighted by atomic mass is 35.5. The lowest BCUT2D eigenvalue weighted by molar-refractivity contribution is -0.119. The van der Waals surface area contributed by atoms with Gasteiger partial charge in [0.25, 0.3) is 5.91 Å². The molecule has 6 nitrogen and oxygen atoms in total. The minimum absolute atomic E-state index is 0.0356. The second-order valence-electron chi connectivity index (χ2n) is 5.16. The van der Waals surface area contributed by atoms with Crippen LogP contribution in [0.4, 0.5) is 10.1 Å². The monoisotopic (exact) mass is 419 g/mol. The highest BCUT2D eigenvalue weighted by Gasteiger charge is 2.18. The van der Waals surface area contributed by atoms with Gasteiger partial charge in [0.05, 0.1) is 21.2 Å². The van der Waals surface area contributed by atoms with Gasteiger partial charge in [-0.1, -0.05) is 23.2 Å². The number of halogens is 3. The van der Waals surface area contributed by atoms with Gasteiger partial charge in [0.2, 0.25) is 0 Å². The molecule has 10 heteroatoms. The Hall–Kier alpha value is -2.16. The first-order valence-electron chi connectivity index (χ1n) is 6.99. The fourth-order valence-electron chi connectivity index (χ4n) is 1.88. The normalized spacial score (nSPS) is 11.1. The van der Waals surface area contributed by atoms with Gasteiger partial charge in [0, 0.05) is 11.3 Å². The number of amides is 1. The fraction of sp³-hybridized carbons (Fsp3) is 0.125. The summed E-state index contributed by atoms with van der Waals surface area (Å²) < 4.78 is 41.5. The van der Waals surface area contributed by atoms with E-state index in [1.807, 2.05) is 0 Å². The summed E-state index contributed by atoms with van der Waals surface area (Å²) in [6, 6.07) is 7.17. The van der Waals surface area contributed by atoms with Crippen molar-refractivity contribution in [2.45, 2.75) is 4.90 Å². The largest absolute Gasteiger partial charge is 0.452 e. The highest BCUT2D eigenvalue weighted by Crippen LogP contribution is 2.22. The second-order valence-corrected chi connectivity index (χ2v) is 8.02. The average molecular weight is 420 g/mol. The summed E-state index contributed by atoms with van der Waals surface area (Å²) in [5.74, 6) is -2.54. The number of esters is 1. The van der Waals surface area contributed by atoms with E-state index in [9.17, 15) is 22.4 Å². The van der Waals surface area contributed by atoms with E-state index in [1.165, 1.54) is 24.3 Å². The smallest absolute Gasteiger partial charge is 0.340 e. The van der Waals surface area contributed by atoms with Crippen molar-refractivity contribution < 1.29 is 27.1 Å². The van der Waals surface area contributed by atoms with Crippen LogP contribution < -0.4 is 5.32 Å². The van der Waals surface area contributed by atoms with Crippen LogP contribution in [0.15, 0.2) is 41.3 Å². The van der Waals surface area contributed by atoms with Crippen LogP contribution in [0, 0.1) is 5.82 Å². The van der Waals surface area contributed by atoms with Crippen LogP contribution in [0.5, 0.6) is 0 Å². The van der Waals surface area contributed by atoms with E-state index >= 15 is 0 Å². The number of carbonyl (C=O) groups is 2. The Morgan fingerprint density at radius 3 is 2.46 bits per heavy atom. The molecule has 2 aromatic carbocycles. The summed E-state index contributed by atoms with van der Waals surface area (Å²) in [7, 11) is -3.55. The van der Waals surface area contributed by atoms with Gasteiger partial charge in [-0.2, -0.15) is 0 Å². The first-order chi connectivity index (χ1) is 12.1. The second kappa shape index (κ2) is 8.03. The number of ether oxygens (including phenoxy) is 1. The number of benzene rings is 2. The zero-order valence-electron chi connectivity index (χ0n) is 13.3. The quantitative estimate of drug-likeness (QED) is 0.750. The lowest BCUT2D eigenvalue weighted by Gasteiger charge is -2.09. The van der Waals surface area contributed by atoms with Crippen LogP contribution in [0.1, 0.15) is 10.4 Å². The molecule has 2 rings (SSSR count).